The minimum Gasteiger partial charge on any atom is -0.345 e. The van der Waals surface area contributed by atoms with Gasteiger partial charge < -0.3 is 11.1 Å². The summed E-state index contributed by atoms with van der Waals surface area (Å²) < 4.78 is 0. The number of hydrogen-bond acceptors (Lipinski definition) is 5. The summed E-state index contributed by atoms with van der Waals surface area (Å²) in [6.45, 7) is 4.24. The lowest BCUT2D eigenvalue weighted by atomic mass is 9.92. The van der Waals surface area contributed by atoms with E-state index in [1.807, 2.05) is 13.8 Å². The third-order valence-corrected chi connectivity index (χ3v) is 4.55. The monoisotopic (exact) mass is 311 g/mol. The number of nitrogens with zero attached hydrogens (tertiary/aromatic N) is 1. The number of hydrogen-bond donors (Lipinski definition) is 2. The fraction of sp³-hybridized carbons (Fsp3) is 0.500. The molecule has 1 aromatic rings. The standard InChI is InChI=1S/C14H21N3O3S/c1-4-14(5-2,9-15)16-13(18)10-6-7-12(21-3)11(8-10)17(19)20/h6-8H,4-5,9,15H2,1-3H3,(H,16,18). The van der Waals surface area contributed by atoms with Gasteiger partial charge in [-0.3, -0.25) is 14.9 Å². The van der Waals surface area contributed by atoms with Crippen LogP contribution < -0.4 is 11.1 Å². The Morgan fingerprint density at radius 3 is 2.48 bits per heavy atom. The van der Waals surface area contributed by atoms with Crippen LogP contribution in [0.25, 0.3) is 0 Å². The second-order valence-corrected chi connectivity index (χ2v) is 5.64. The van der Waals surface area contributed by atoms with Crippen molar-refractivity contribution >= 4 is 23.4 Å². The van der Waals surface area contributed by atoms with Crippen LogP contribution in [-0.2, 0) is 0 Å². The highest BCUT2D eigenvalue weighted by Crippen LogP contribution is 2.28. The number of nitro benzene ring substituents is 1. The van der Waals surface area contributed by atoms with Crippen molar-refractivity contribution in [3.05, 3.63) is 33.9 Å². The number of rotatable bonds is 7. The summed E-state index contributed by atoms with van der Waals surface area (Å²) >= 11 is 1.28. The summed E-state index contributed by atoms with van der Waals surface area (Å²) in [6.07, 6.45) is 3.17. The number of amides is 1. The average molecular weight is 311 g/mol. The number of nitrogens with two attached hydrogens (primary N) is 1. The van der Waals surface area contributed by atoms with Crippen molar-refractivity contribution in [3.8, 4) is 0 Å². The number of thioether (sulfide) groups is 1. The molecule has 0 aliphatic rings. The molecule has 0 saturated carbocycles. The van der Waals surface area contributed by atoms with Gasteiger partial charge in [0.2, 0.25) is 0 Å². The van der Waals surface area contributed by atoms with Gasteiger partial charge in [0, 0.05) is 18.2 Å². The van der Waals surface area contributed by atoms with Crippen molar-refractivity contribution in [1.29, 1.82) is 0 Å². The summed E-state index contributed by atoms with van der Waals surface area (Å²) in [4.78, 5) is 23.4. The quantitative estimate of drug-likeness (QED) is 0.458. The van der Waals surface area contributed by atoms with E-state index in [1.165, 1.54) is 17.8 Å². The second-order valence-electron chi connectivity index (χ2n) is 4.79. The predicted octanol–water partition coefficient (Wildman–Crippen LogP) is 2.56. The molecule has 0 spiro atoms. The minimum atomic E-state index is -0.474. The first-order valence-electron chi connectivity index (χ1n) is 6.78. The highest BCUT2D eigenvalue weighted by atomic mass is 32.2. The van der Waals surface area contributed by atoms with Crippen LogP contribution in [0.2, 0.25) is 0 Å². The van der Waals surface area contributed by atoms with Crippen molar-refractivity contribution in [3.63, 3.8) is 0 Å². The first-order valence-corrected chi connectivity index (χ1v) is 8.00. The molecule has 0 atom stereocenters. The SMILES string of the molecule is CCC(CC)(CN)NC(=O)c1ccc(SC)c([N+](=O)[O-])c1. The van der Waals surface area contributed by atoms with E-state index in [0.717, 1.165) is 0 Å². The summed E-state index contributed by atoms with van der Waals surface area (Å²) in [5, 5.41) is 14.0. The molecule has 7 heteroatoms. The van der Waals surface area contributed by atoms with Gasteiger partial charge in [-0.05, 0) is 31.2 Å². The molecule has 0 aromatic heterocycles. The van der Waals surface area contributed by atoms with Crippen LogP contribution in [0.5, 0.6) is 0 Å². The molecule has 0 bridgehead atoms. The molecule has 6 nitrogen and oxygen atoms in total. The fourth-order valence-corrected chi connectivity index (χ4v) is 2.60. The molecule has 0 unspecified atom stereocenters. The lowest BCUT2D eigenvalue weighted by Gasteiger charge is -2.31. The van der Waals surface area contributed by atoms with Gasteiger partial charge in [-0.25, -0.2) is 0 Å². The van der Waals surface area contributed by atoms with Gasteiger partial charge in [0.1, 0.15) is 0 Å². The molecule has 0 radical (unpaired) electrons. The zero-order valence-electron chi connectivity index (χ0n) is 12.5. The number of nitro groups is 1. The first-order chi connectivity index (χ1) is 9.92. The van der Waals surface area contributed by atoms with Crippen molar-refractivity contribution in [2.24, 2.45) is 5.73 Å². The largest absolute Gasteiger partial charge is 0.345 e. The van der Waals surface area contributed by atoms with Crippen LogP contribution in [0.15, 0.2) is 23.1 Å². The maximum atomic E-state index is 12.3. The minimum absolute atomic E-state index is 0.0542. The second kappa shape index (κ2) is 7.42. The van der Waals surface area contributed by atoms with Crippen molar-refractivity contribution < 1.29 is 9.72 Å². The summed E-state index contributed by atoms with van der Waals surface area (Å²) in [6, 6.07) is 4.51. The van der Waals surface area contributed by atoms with Crippen LogP contribution >= 0.6 is 11.8 Å². The number of carbonyl (C=O) groups excluding carboxylic acids is 1. The molecule has 1 aromatic carbocycles. The topological polar surface area (TPSA) is 98.3 Å². The molecule has 1 amide bonds. The summed E-state index contributed by atoms with van der Waals surface area (Å²) in [5.74, 6) is -0.333. The third-order valence-electron chi connectivity index (χ3n) is 3.76. The van der Waals surface area contributed by atoms with Gasteiger partial charge in [-0.15, -0.1) is 11.8 Å². The number of benzene rings is 1. The van der Waals surface area contributed by atoms with E-state index in [2.05, 4.69) is 5.32 Å². The highest BCUT2D eigenvalue weighted by molar-refractivity contribution is 7.98. The molecule has 21 heavy (non-hydrogen) atoms. The fourth-order valence-electron chi connectivity index (χ4n) is 2.05. The Balaban J connectivity index is 3.08. The predicted molar refractivity (Wildman–Crippen MR) is 84.7 cm³/mol. The number of nitrogens with one attached hydrogen (secondary N) is 1. The zero-order chi connectivity index (χ0) is 16.0. The van der Waals surface area contributed by atoms with Crippen molar-refractivity contribution in [2.45, 2.75) is 37.1 Å². The molecule has 0 fully saturated rings. The highest BCUT2D eigenvalue weighted by Gasteiger charge is 2.27. The molecule has 116 valence electrons. The third kappa shape index (κ3) is 3.95. The van der Waals surface area contributed by atoms with Gasteiger partial charge in [-0.2, -0.15) is 0 Å². The molecule has 0 aliphatic heterocycles. The first kappa shape index (κ1) is 17.5. The maximum absolute atomic E-state index is 12.3. The molecule has 3 N–H and O–H groups in total. The molecule has 1 rings (SSSR count). The van der Waals surface area contributed by atoms with E-state index in [9.17, 15) is 14.9 Å². The molecule has 0 saturated heterocycles. The Morgan fingerprint density at radius 1 is 1.43 bits per heavy atom. The van der Waals surface area contributed by atoms with E-state index in [1.54, 1.807) is 18.4 Å². The summed E-state index contributed by atoms with van der Waals surface area (Å²) in [7, 11) is 0. The lowest BCUT2D eigenvalue weighted by molar-refractivity contribution is -0.387. The van der Waals surface area contributed by atoms with Gasteiger partial charge in [0.15, 0.2) is 0 Å². The Hall–Kier alpha value is -1.60. The molecule has 0 aliphatic carbocycles. The normalized spacial score (nSPS) is 11.2. The van der Waals surface area contributed by atoms with E-state index >= 15 is 0 Å². The van der Waals surface area contributed by atoms with E-state index < -0.39 is 10.5 Å². The Morgan fingerprint density at radius 2 is 2.05 bits per heavy atom. The number of carbonyl (C=O) groups is 1. The average Bonchev–Trinajstić information content (AvgIpc) is 2.51. The Labute approximate surface area is 128 Å². The van der Waals surface area contributed by atoms with E-state index in [0.29, 0.717) is 24.3 Å². The van der Waals surface area contributed by atoms with Gasteiger partial charge in [-0.1, -0.05) is 13.8 Å². The van der Waals surface area contributed by atoms with Gasteiger partial charge in [0.25, 0.3) is 11.6 Å². The van der Waals surface area contributed by atoms with Crippen molar-refractivity contribution in [2.75, 3.05) is 12.8 Å². The zero-order valence-corrected chi connectivity index (χ0v) is 13.3. The van der Waals surface area contributed by atoms with Crippen LogP contribution in [0.3, 0.4) is 0 Å². The van der Waals surface area contributed by atoms with Crippen LogP contribution in [-0.4, -0.2) is 29.2 Å². The van der Waals surface area contributed by atoms with Gasteiger partial charge in [0.05, 0.1) is 15.4 Å². The molecular formula is C14H21N3O3S. The molecule has 0 heterocycles. The summed E-state index contributed by atoms with van der Waals surface area (Å²) in [5.41, 5.74) is 5.51. The maximum Gasteiger partial charge on any atom is 0.283 e. The molecular weight excluding hydrogens is 290 g/mol. The van der Waals surface area contributed by atoms with E-state index in [4.69, 9.17) is 5.73 Å². The smallest absolute Gasteiger partial charge is 0.283 e. The van der Waals surface area contributed by atoms with Crippen LogP contribution in [0.1, 0.15) is 37.0 Å². The van der Waals surface area contributed by atoms with Crippen molar-refractivity contribution in [1.82, 2.24) is 5.32 Å². The van der Waals surface area contributed by atoms with E-state index in [-0.39, 0.29) is 17.2 Å². The van der Waals surface area contributed by atoms with Gasteiger partial charge >= 0.3 is 0 Å². The lowest BCUT2D eigenvalue weighted by Crippen LogP contribution is -2.52. The Bertz CT molecular complexity index is 522. The van der Waals surface area contributed by atoms with Crippen LogP contribution in [0.4, 0.5) is 5.69 Å². The Kier molecular flexibility index (Phi) is 6.17. The van der Waals surface area contributed by atoms with Crippen LogP contribution in [0, 0.1) is 10.1 Å².